The zero-order valence-corrected chi connectivity index (χ0v) is 17.9. The molecule has 0 aliphatic heterocycles. The highest BCUT2D eigenvalue weighted by Gasteiger charge is 2.13. The van der Waals surface area contributed by atoms with Gasteiger partial charge in [0, 0.05) is 28.1 Å². The van der Waals surface area contributed by atoms with Gasteiger partial charge in [-0.1, -0.05) is 41.4 Å². The lowest BCUT2D eigenvalue weighted by Crippen LogP contribution is -2.25. The number of hydrogen-bond donors (Lipinski definition) is 2. The molecule has 0 aromatic heterocycles. The number of nitrogens with zero attached hydrogens (tertiary/aromatic N) is 1. The van der Waals surface area contributed by atoms with Crippen LogP contribution in [0.4, 0.5) is 22.7 Å². The fourth-order valence-corrected chi connectivity index (χ4v) is 3.60. The molecule has 0 aliphatic carbocycles. The Labute approximate surface area is 181 Å². The van der Waals surface area contributed by atoms with Crippen LogP contribution in [0.3, 0.4) is 0 Å². The number of hydrogen-bond acceptors (Lipinski definition) is 2. The summed E-state index contributed by atoms with van der Waals surface area (Å²) in [6.45, 7) is 4.35. The van der Waals surface area contributed by atoms with Crippen LogP contribution in [0.2, 0.25) is 10.0 Å². The Morgan fingerprint density at radius 3 is 2.11 bits per heavy atom. The number of halogens is 2. The van der Waals surface area contributed by atoms with Crippen LogP contribution < -0.4 is 15.5 Å². The fraction of sp³-hybridized carbons (Fsp3) is 0.136. The second kappa shape index (κ2) is 9.28. The predicted molar refractivity (Wildman–Crippen MR) is 126 cm³/mol. The lowest BCUT2D eigenvalue weighted by Gasteiger charge is -2.29. The van der Waals surface area contributed by atoms with E-state index in [1.807, 2.05) is 30.3 Å². The number of nitrogens with one attached hydrogen (secondary N) is 2. The van der Waals surface area contributed by atoms with E-state index >= 15 is 0 Å². The van der Waals surface area contributed by atoms with Crippen molar-refractivity contribution >= 4 is 63.3 Å². The summed E-state index contributed by atoms with van der Waals surface area (Å²) in [4.78, 5) is 2.29. The van der Waals surface area contributed by atoms with E-state index in [1.54, 1.807) is 18.2 Å². The summed E-state index contributed by atoms with van der Waals surface area (Å²) < 4.78 is 0. The molecule has 0 heterocycles. The van der Waals surface area contributed by atoms with Crippen molar-refractivity contribution in [3.63, 3.8) is 0 Å². The topological polar surface area (TPSA) is 27.3 Å². The standard InChI is InChI=1S/C22H21Cl2N3S/c1-15(2)27(18-6-4-3-5-7-18)19-11-9-17(10-12-19)25-22(28)26-21-13-8-16(23)14-20(21)24/h3-15H,1-2H3,(H2,25,26,28). The molecule has 3 nitrogen and oxygen atoms in total. The molecule has 3 aromatic rings. The van der Waals surface area contributed by atoms with Crippen molar-refractivity contribution in [1.29, 1.82) is 0 Å². The van der Waals surface area contributed by atoms with Crippen molar-refractivity contribution in [2.75, 3.05) is 15.5 Å². The van der Waals surface area contributed by atoms with Crippen LogP contribution in [-0.4, -0.2) is 11.2 Å². The minimum absolute atomic E-state index is 0.330. The first-order valence-corrected chi connectivity index (χ1v) is 10.1. The molecule has 144 valence electrons. The molecule has 0 aliphatic rings. The fourth-order valence-electron chi connectivity index (χ4n) is 2.91. The highest BCUT2D eigenvalue weighted by Crippen LogP contribution is 2.29. The van der Waals surface area contributed by atoms with Gasteiger partial charge in [0.1, 0.15) is 0 Å². The normalized spacial score (nSPS) is 10.6. The summed E-state index contributed by atoms with van der Waals surface area (Å²) in [6, 6.07) is 24.1. The highest BCUT2D eigenvalue weighted by molar-refractivity contribution is 7.80. The highest BCUT2D eigenvalue weighted by atomic mass is 35.5. The van der Waals surface area contributed by atoms with E-state index in [0.29, 0.717) is 26.9 Å². The average Bonchev–Trinajstić information content (AvgIpc) is 2.66. The predicted octanol–water partition coefficient (Wildman–Crippen LogP) is 7.35. The van der Waals surface area contributed by atoms with Gasteiger partial charge >= 0.3 is 0 Å². The Bertz CT molecular complexity index is 944. The summed E-state index contributed by atoms with van der Waals surface area (Å²) in [5.41, 5.74) is 3.87. The third-order valence-corrected chi connectivity index (χ3v) is 4.89. The van der Waals surface area contributed by atoms with Gasteiger partial charge in [-0.2, -0.15) is 0 Å². The molecule has 0 unspecified atom stereocenters. The smallest absolute Gasteiger partial charge is 0.175 e. The van der Waals surface area contributed by atoms with Crippen molar-refractivity contribution in [3.8, 4) is 0 Å². The van der Waals surface area contributed by atoms with Crippen LogP contribution >= 0.6 is 35.4 Å². The first-order chi connectivity index (χ1) is 13.4. The molecule has 0 saturated heterocycles. The van der Waals surface area contributed by atoms with E-state index < -0.39 is 0 Å². The third-order valence-electron chi connectivity index (χ3n) is 4.13. The van der Waals surface area contributed by atoms with Crippen LogP contribution in [0, 0.1) is 0 Å². The maximum Gasteiger partial charge on any atom is 0.175 e. The number of para-hydroxylation sites is 1. The molecule has 2 N–H and O–H groups in total. The molecule has 0 atom stereocenters. The summed E-state index contributed by atoms with van der Waals surface area (Å²) in [5.74, 6) is 0. The van der Waals surface area contributed by atoms with Gasteiger partial charge in [-0.15, -0.1) is 0 Å². The molecule has 0 amide bonds. The average molecular weight is 430 g/mol. The minimum atomic E-state index is 0.330. The van der Waals surface area contributed by atoms with E-state index in [0.717, 1.165) is 17.1 Å². The molecule has 6 heteroatoms. The molecule has 3 aromatic carbocycles. The zero-order valence-electron chi connectivity index (χ0n) is 15.6. The summed E-state index contributed by atoms with van der Waals surface area (Å²) in [5, 5.41) is 7.82. The molecule has 0 bridgehead atoms. The van der Waals surface area contributed by atoms with E-state index in [9.17, 15) is 0 Å². The first kappa shape index (κ1) is 20.5. The van der Waals surface area contributed by atoms with Gasteiger partial charge in [0.05, 0.1) is 10.7 Å². The van der Waals surface area contributed by atoms with Gasteiger partial charge < -0.3 is 15.5 Å². The molecule has 0 spiro atoms. The molecule has 0 fully saturated rings. The van der Waals surface area contributed by atoms with Crippen LogP contribution in [0.5, 0.6) is 0 Å². The SMILES string of the molecule is CC(C)N(c1ccccc1)c1ccc(NC(=S)Nc2ccc(Cl)cc2Cl)cc1. The minimum Gasteiger partial charge on any atom is -0.339 e. The Balaban J connectivity index is 1.70. The van der Waals surface area contributed by atoms with E-state index in [2.05, 4.69) is 53.6 Å². The molecule has 3 rings (SSSR count). The lowest BCUT2D eigenvalue weighted by molar-refractivity contribution is 0.789. The molecule has 28 heavy (non-hydrogen) atoms. The number of benzene rings is 3. The quantitative estimate of drug-likeness (QED) is 0.414. The summed E-state index contributed by atoms with van der Waals surface area (Å²) in [7, 11) is 0. The molecular weight excluding hydrogens is 409 g/mol. The Morgan fingerprint density at radius 2 is 1.50 bits per heavy atom. The van der Waals surface area contributed by atoms with Crippen molar-refractivity contribution in [2.24, 2.45) is 0 Å². The van der Waals surface area contributed by atoms with Crippen molar-refractivity contribution in [2.45, 2.75) is 19.9 Å². The second-order valence-corrected chi connectivity index (χ2v) is 7.80. The number of thiocarbonyl (C=S) groups is 1. The zero-order chi connectivity index (χ0) is 20.1. The monoisotopic (exact) mass is 429 g/mol. The van der Waals surface area contributed by atoms with Gasteiger partial charge in [-0.25, -0.2) is 0 Å². The van der Waals surface area contributed by atoms with Gasteiger partial charge in [-0.05, 0) is 80.7 Å². The van der Waals surface area contributed by atoms with Crippen LogP contribution in [-0.2, 0) is 0 Å². The van der Waals surface area contributed by atoms with E-state index in [-0.39, 0.29) is 0 Å². The summed E-state index contributed by atoms with van der Waals surface area (Å²) >= 11 is 17.5. The van der Waals surface area contributed by atoms with Crippen molar-refractivity contribution in [3.05, 3.63) is 82.8 Å². The number of anilines is 4. The maximum atomic E-state index is 6.18. The Morgan fingerprint density at radius 1 is 0.857 bits per heavy atom. The van der Waals surface area contributed by atoms with E-state index in [1.165, 1.54) is 0 Å². The van der Waals surface area contributed by atoms with Gasteiger partial charge in [-0.3, -0.25) is 0 Å². The Hall–Kier alpha value is -2.27. The third kappa shape index (κ3) is 5.16. The lowest BCUT2D eigenvalue weighted by atomic mass is 10.2. The second-order valence-electron chi connectivity index (χ2n) is 6.55. The van der Waals surface area contributed by atoms with Gasteiger partial charge in [0.25, 0.3) is 0 Å². The number of rotatable bonds is 5. The Kier molecular flexibility index (Phi) is 6.79. The van der Waals surface area contributed by atoms with Gasteiger partial charge in [0.15, 0.2) is 5.11 Å². The van der Waals surface area contributed by atoms with Crippen LogP contribution in [0.25, 0.3) is 0 Å². The largest absolute Gasteiger partial charge is 0.339 e. The van der Waals surface area contributed by atoms with Crippen LogP contribution in [0.15, 0.2) is 72.8 Å². The maximum absolute atomic E-state index is 6.18. The molecule has 0 radical (unpaired) electrons. The molecule has 0 saturated carbocycles. The first-order valence-electron chi connectivity index (χ1n) is 8.91. The van der Waals surface area contributed by atoms with Gasteiger partial charge in [0.2, 0.25) is 0 Å². The van der Waals surface area contributed by atoms with Crippen molar-refractivity contribution in [1.82, 2.24) is 0 Å². The molecular formula is C22H21Cl2N3S. The van der Waals surface area contributed by atoms with Crippen LogP contribution in [0.1, 0.15) is 13.8 Å². The van der Waals surface area contributed by atoms with Crippen molar-refractivity contribution < 1.29 is 0 Å². The van der Waals surface area contributed by atoms with E-state index in [4.69, 9.17) is 35.4 Å². The summed E-state index contributed by atoms with van der Waals surface area (Å²) in [6.07, 6.45) is 0.